The third kappa shape index (κ3) is 8.46. The number of likely N-dealkylation sites (N-methyl/N-ethyl adjacent to an activating group) is 1. The summed E-state index contributed by atoms with van der Waals surface area (Å²) < 4.78 is 0. The molecule has 0 spiro atoms. The molecule has 0 aromatic carbocycles. The Morgan fingerprint density at radius 1 is 1.44 bits per heavy atom. The molecule has 0 bridgehead atoms. The average Bonchev–Trinajstić information content (AvgIpc) is 3.10. The fraction of sp³-hybridized carbons (Fsp3) is 0.611. The zero-order valence-electron chi connectivity index (χ0n) is 16.0. The maximum atomic E-state index is 11.9. The molecule has 0 saturated carbocycles. The second kappa shape index (κ2) is 12.2. The van der Waals surface area contributed by atoms with E-state index in [1.807, 2.05) is 6.07 Å². The van der Waals surface area contributed by atoms with Crippen molar-refractivity contribution in [2.45, 2.75) is 25.7 Å². The second-order valence-corrected chi connectivity index (χ2v) is 7.84. The first-order valence-corrected chi connectivity index (χ1v) is 9.87. The molecule has 1 unspecified atom stereocenters. The van der Waals surface area contributed by atoms with Crippen molar-refractivity contribution in [3.05, 3.63) is 22.4 Å². The van der Waals surface area contributed by atoms with Gasteiger partial charge in [-0.3, -0.25) is 9.59 Å². The van der Waals surface area contributed by atoms with E-state index in [1.54, 1.807) is 30.3 Å². The molecule has 1 aliphatic heterocycles. The van der Waals surface area contributed by atoms with E-state index >= 15 is 0 Å². The number of nitrogens with two attached hydrogens (primary N) is 1. The molecule has 1 aromatic heterocycles. The molecule has 2 heterocycles. The highest BCUT2D eigenvalue weighted by Crippen LogP contribution is 2.19. The summed E-state index contributed by atoms with van der Waals surface area (Å²) in [6.07, 6.45) is 3.30. The number of rotatable bonds is 7. The second-order valence-electron chi connectivity index (χ2n) is 6.81. The lowest BCUT2D eigenvalue weighted by molar-refractivity contribution is -0.127. The van der Waals surface area contributed by atoms with Gasteiger partial charge in [-0.2, -0.15) is 0 Å². The van der Waals surface area contributed by atoms with Crippen LogP contribution in [-0.2, 0) is 16.0 Å². The van der Waals surface area contributed by atoms with E-state index < -0.39 is 0 Å². The van der Waals surface area contributed by atoms with Crippen LogP contribution in [0.5, 0.6) is 0 Å². The SMILES string of the molecule is CN(C)C(=O)CN=C(NCCc1cccs1)N1CCCC(CC(N)=O)C1.I. The lowest BCUT2D eigenvalue weighted by Crippen LogP contribution is -2.48. The van der Waals surface area contributed by atoms with Crippen molar-refractivity contribution >= 4 is 53.1 Å². The lowest BCUT2D eigenvalue weighted by Gasteiger charge is -2.34. The summed E-state index contributed by atoms with van der Waals surface area (Å²) in [5.41, 5.74) is 5.36. The number of carbonyl (C=O) groups excluding carboxylic acids is 2. The molecule has 7 nitrogen and oxygen atoms in total. The van der Waals surface area contributed by atoms with Crippen LogP contribution in [-0.4, -0.2) is 67.8 Å². The normalized spacial score (nSPS) is 17.2. The zero-order chi connectivity index (χ0) is 18.9. The zero-order valence-corrected chi connectivity index (χ0v) is 19.2. The number of amides is 2. The predicted octanol–water partition coefficient (Wildman–Crippen LogP) is 1.53. The molecule has 2 rings (SSSR count). The molecule has 152 valence electrons. The highest BCUT2D eigenvalue weighted by atomic mass is 127. The Bertz CT molecular complexity index is 621. The van der Waals surface area contributed by atoms with E-state index in [0.29, 0.717) is 6.42 Å². The van der Waals surface area contributed by atoms with Crippen LogP contribution in [0.15, 0.2) is 22.5 Å². The Kier molecular flexibility index (Phi) is 10.7. The number of aliphatic imine (C=N–C) groups is 1. The Hall–Kier alpha value is -1.36. The van der Waals surface area contributed by atoms with E-state index in [4.69, 9.17) is 5.73 Å². The van der Waals surface area contributed by atoms with E-state index in [-0.39, 0.29) is 48.3 Å². The van der Waals surface area contributed by atoms with Gasteiger partial charge in [-0.25, -0.2) is 4.99 Å². The van der Waals surface area contributed by atoms with Crippen molar-refractivity contribution in [2.24, 2.45) is 16.6 Å². The minimum absolute atomic E-state index is 0. The van der Waals surface area contributed by atoms with Crippen LogP contribution < -0.4 is 11.1 Å². The number of guanidine groups is 1. The Morgan fingerprint density at radius 2 is 2.22 bits per heavy atom. The molecule has 3 N–H and O–H groups in total. The van der Waals surface area contributed by atoms with Gasteiger partial charge in [-0.05, 0) is 36.6 Å². The molecule has 2 amide bonds. The van der Waals surface area contributed by atoms with Gasteiger partial charge in [-0.15, -0.1) is 35.3 Å². The Labute approximate surface area is 182 Å². The van der Waals surface area contributed by atoms with Crippen molar-refractivity contribution in [1.82, 2.24) is 15.1 Å². The van der Waals surface area contributed by atoms with E-state index in [0.717, 1.165) is 44.9 Å². The first kappa shape index (κ1) is 23.7. The van der Waals surface area contributed by atoms with Crippen molar-refractivity contribution in [3.63, 3.8) is 0 Å². The summed E-state index contributed by atoms with van der Waals surface area (Å²) in [6, 6.07) is 4.16. The number of hydrogen-bond donors (Lipinski definition) is 2. The summed E-state index contributed by atoms with van der Waals surface area (Å²) >= 11 is 1.73. The molecule has 1 atom stereocenters. The number of piperidine rings is 1. The van der Waals surface area contributed by atoms with Gasteiger partial charge >= 0.3 is 0 Å². The molecule has 1 aromatic rings. The Morgan fingerprint density at radius 3 is 2.85 bits per heavy atom. The Balaban J connectivity index is 0.00000364. The molecule has 1 aliphatic rings. The van der Waals surface area contributed by atoms with Gasteiger partial charge < -0.3 is 20.9 Å². The quantitative estimate of drug-likeness (QED) is 0.333. The van der Waals surface area contributed by atoms with Crippen LogP contribution >= 0.6 is 35.3 Å². The monoisotopic (exact) mass is 507 g/mol. The minimum atomic E-state index is -0.260. The largest absolute Gasteiger partial charge is 0.370 e. The molecule has 1 saturated heterocycles. The third-order valence-electron chi connectivity index (χ3n) is 4.41. The molecule has 0 aliphatic carbocycles. The van der Waals surface area contributed by atoms with Crippen molar-refractivity contribution < 1.29 is 9.59 Å². The van der Waals surface area contributed by atoms with Gasteiger partial charge in [-0.1, -0.05) is 6.07 Å². The van der Waals surface area contributed by atoms with Crippen LogP contribution in [0.4, 0.5) is 0 Å². The van der Waals surface area contributed by atoms with Gasteiger partial charge in [0, 0.05) is 45.0 Å². The number of carbonyl (C=O) groups is 2. The topological polar surface area (TPSA) is 91.0 Å². The number of thiophene rings is 1. The van der Waals surface area contributed by atoms with Gasteiger partial charge in [0.25, 0.3) is 0 Å². The summed E-state index contributed by atoms with van der Waals surface area (Å²) in [6.45, 7) is 2.48. The van der Waals surface area contributed by atoms with Crippen LogP contribution in [0.1, 0.15) is 24.1 Å². The lowest BCUT2D eigenvalue weighted by atomic mass is 9.95. The standard InChI is InChI=1S/C18H29N5O2S.HI/c1-22(2)17(25)12-21-18(20-8-7-15-6-4-10-26-15)23-9-3-5-14(13-23)11-16(19)24;/h4,6,10,14H,3,5,7-9,11-13H2,1-2H3,(H2,19,24)(H,20,21);1H. The highest BCUT2D eigenvalue weighted by Gasteiger charge is 2.24. The first-order valence-electron chi connectivity index (χ1n) is 8.99. The highest BCUT2D eigenvalue weighted by molar-refractivity contribution is 14.0. The molecule has 27 heavy (non-hydrogen) atoms. The van der Waals surface area contributed by atoms with Crippen LogP contribution in [0.25, 0.3) is 0 Å². The molecular formula is C18H30IN5O2S. The summed E-state index contributed by atoms with van der Waals surface area (Å²) in [7, 11) is 3.46. The number of likely N-dealkylation sites (tertiary alicyclic amines) is 1. The van der Waals surface area contributed by atoms with Gasteiger partial charge in [0.2, 0.25) is 11.8 Å². The number of halogens is 1. The van der Waals surface area contributed by atoms with Crippen molar-refractivity contribution in [1.29, 1.82) is 0 Å². The molecule has 0 radical (unpaired) electrons. The van der Waals surface area contributed by atoms with E-state index in [9.17, 15) is 9.59 Å². The van der Waals surface area contributed by atoms with Crippen LogP contribution in [0, 0.1) is 5.92 Å². The minimum Gasteiger partial charge on any atom is -0.370 e. The maximum absolute atomic E-state index is 11.9. The smallest absolute Gasteiger partial charge is 0.243 e. The summed E-state index contributed by atoms with van der Waals surface area (Å²) in [5, 5.41) is 5.46. The van der Waals surface area contributed by atoms with Crippen LogP contribution in [0.2, 0.25) is 0 Å². The summed E-state index contributed by atoms with van der Waals surface area (Å²) in [5.74, 6) is 0.693. The van der Waals surface area contributed by atoms with Crippen molar-refractivity contribution in [3.8, 4) is 0 Å². The first-order chi connectivity index (χ1) is 12.5. The number of hydrogen-bond acceptors (Lipinski definition) is 4. The molecule has 9 heteroatoms. The number of primary amides is 1. The van der Waals surface area contributed by atoms with Gasteiger partial charge in [0.05, 0.1) is 0 Å². The fourth-order valence-corrected chi connectivity index (χ4v) is 3.72. The molecule has 1 fully saturated rings. The fourth-order valence-electron chi connectivity index (χ4n) is 3.01. The van der Waals surface area contributed by atoms with E-state index in [2.05, 4.69) is 26.7 Å². The number of nitrogens with one attached hydrogen (secondary N) is 1. The third-order valence-corrected chi connectivity index (χ3v) is 5.34. The van der Waals surface area contributed by atoms with Crippen LogP contribution in [0.3, 0.4) is 0 Å². The van der Waals surface area contributed by atoms with Crippen molar-refractivity contribution in [2.75, 3.05) is 40.3 Å². The average molecular weight is 507 g/mol. The van der Waals surface area contributed by atoms with E-state index in [1.165, 1.54) is 4.88 Å². The van der Waals surface area contributed by atoms with Gasteiger partial charge in [0.15, 0.2) is 5.96 Å². The van der Waals surface area contributed by atoms with Gasteiger partial charge in [0.1, 0.15) is 6.54 Å². The maximum Gasteiger partial charge on any atom is 0.243 e. The number of nitrogens with zero attached hydrogens (tertiary/aromatic N) is 3. The predicted molar refractivity (Wildman–Crippen MR) is 121 cm³/mol. The summed E-state index contributed by atoms with van der Waals surface area (Å²) in [4.78, 5) is 32.7. The molecular weight excluding hydrogens is 477 g/mol.